The monoisotopic (exact) mass is 539 g/mol. The number of para-hydroxylation sites is 1. The molecule has 39 heavy (non-hydrogen) atoms. The Hall–Kier alpha value is -4.09. The van der Waals surface area contributed by atoms with Gasteiger partial charge in [0.25, 0.3) is 0 Å². The molecular formula is C28H28F3N5O3. The summed E-state index contributed by atoms with van der Waals surface area (Å²) in [4.78, 5) is 15.3. The van der Waals surface area contributed by atoms with Crippen molar-refractivity contribution >= 4 is 28.3 Å². The van der Waals surface area contributed by atoms with E-state index in [1.54, 1.807) is 42.5 Å². The first-order chi connectivity index (χ1) is 18.9. The SMILES string of the molecule is O=C(Nc1ccc(OCCN2CCOCC2)c2ccccc12)Nc1cc(CC(F)(F)F)nn1-c1ccccc1. The van der Waals surface area contributed by atoms with Crippen molar-refractivity contribution in [2.24, 2.45) is 0 Å². The molecule has 1 saturated heterocycles. The molecule has 0 bridgehead atoms. The molecule has 0 spiro atoms. The Morgan fingerprint density at radius 3 is 2.41 bits per heavy atom. The molecule has 3 aromatic carbocycles. The molecule has 8 nitrogen and oxygen atoms in total. The van der Waals surface area contributed by atoms with E-state index in [-0.39, 0.29) is 11.5 Å². The zero-order valence-corrected chi connectivity index (χ0v) is 21.1. The van der Waals surface area contributed by atoms with Gasteiger partial charge in [0, 0.05) is 36.5 Å². The Balaban J connectivity index is 1.32. The Kier molecular flexibility index (Phi) is 7.99. The molecule has 1 aromatic heterocycles. The molecule has 1 fully saturated rings. The van der Waals surface area contributed by atoms with Gasteiger partial charge in [0.2, 0.25) is 0 Å². The van der Waals surface area contributed by atoms with Crippen LogP contribution in [-0.2, 0) is 11.2 Å². The Morgan fingerprint density at radius 1 is 0.949 bits per heavy atom. The summed E-state index contributed by atoms with van der Waals surface area (Å²) in [7, 11) is 0. The first kappa shape index (κ1) is 26.5. The first-order valence-corrected chi connectivity index (χ1v) is 12.6. The molecule has 204 valence electrons. The Bertz CT molecular complexity index is 1420. The summed E-state index contributed by atoms with van der Waals surface area (Å²) in [6.45, 7) is 4.50. The molecule has 4 aromatic rings. The number of aromatic nitrogens is 2. The number of urea groups is 1. The quantitative estimate of drug-likeness (QED) is 0.310. The second-order valence-corrected chi connectivity index (χ2v) is 9.10. The Labute approximate surface area is 223 Å². The zero-order chi connectivity index (χ0) is 27.2. The second kappa shape index (κ2) is 11.7. The fourth-order valence-corrected chi connectivity index (χ4v) is 4.46. The topological polar surface area (TPSA) is 80.7 Å². The number of nitrogens with zero attached hydrogens (tertiary/aromatic N) is 3. The molecule has 0 unspecified atom stereocenters. The van der Waals surface area contributed by atoms with E-state index in [1.807, 2.05) is 24.3 Å². The molecule has 1 aliphatic rings. The van der Waals surface area contributed by atoms with Crippen LogP contribution in [0.5, 0.6) is 5.75 Å². The van der Waals surface area contributed by atoms with Crippen molar-refractivity contribution in [2.75, 3.05) is 50.1 Å². The molecular weight excluding hydrogens is 511 g/mol. The zero-order valence-electron chi connectivity index (χ0n) is 21.1. The summed E-state index contributed by atoms with van der Waals surface area (Å²) in [5.74, 6) is 0.814. The number of benzene rings is 3. The predicted molar refractivity (Wildman–Crippen MR) is 143 cm³/mol. The molecule has 11 heteroatoms. The average molecular weight is 540 g/mol. The van der Waals surface area contributed by atoms with Gasteiger partial charge in [0.15, 0.2) is 0 Å². The highest BCUT2D eigenvalue weighted by molar-refractivity contribution is 6.07. The van der Waals surface area contributed by atoms with Gasteiger partial charge in [-0.25, -0.2) is 9.48 Å². The average Bonchev–Trinajstić information content (AvgIpc) is 3.31. The third kappa shape index (κ3) is 6.87. The highest BCUT2D eigenvalue weighted by Crippen LogP contribution is 2.32. The lowest BCUT2D eigenvalue weighted by Gasteiger charge is -2.26. The number of halogens is 3. The number of carbonyl (C=O) groups excluding carboxylic acids is 1. The highest BCUT2D eigenvalue weighted by Gasteiger charge is 2.30. The van der Waals surface area contributed by atoms with Crippen LogP contribution in [0.2, 0.25) is 0 Å². The van der Waals surface area contributed by atoms with Crippen LogP contribution >= 0.6 is 0 Å². The van der Waals surface area contributed by atoms with Gasteiger partial charge in [-0.15, -0.1) is 0 Å². The molecule has 1 aliphatic heterocycles. The molecule has 0 aliphatic carbocycles. The third-order valence-electron chi connectivity index (χ3n) is 6.28. The number of amides is 2. The molecule has 5 rings (SSSR count). The van der Waals surface area contributed by atoms with Crippen LogP contribution < -0.4 is 15.4 Å². The van der Waals surface area contributed by atoms with Gasteiger partial charge in [-0.3, -0.25) is 10.2 Å². The van der Waals surface area contributed by atoms with Crippen molar-refractivity contribution in [1.29, 1.82) is 0 Å². The summed E-state index contributed by atoms with van der Waals surface area (Å²) >= 11 is 0. The number of nitrogens with one attached hydrogen (secondary N) is 2. The summed E-state index contributed by atoms with van der Waals surface area (Å²) in [5.41, 5.74) is 0.848. The van der Waals surface area contributed by atoms with E-state index in [9.17, 15) is 18.0 Å². The van der Waals surface area contributed by atoms with Gasteiger partial charge in [0.05, 0.1) is 36.7 Å². The molecule has 0 saturated carbocycles. The van der Waals surface area contributed by atoms with Gasteiger partial charge in [-0.2, -0.15) is 18.3 Å². The van der Waals surface area contributed by atoms with Crippen LogP contribution in [0.3, 0.4) is 0 Å². The number of hydrogen-bond acceptors (Lipinski definition) is 5. The van der Waals surface area contributed by atoms with Crippen LogP contribution in [0.25, 0.3) is 16.5 Å². The van der Waals surface area contributed by atoms with Crippen molar-refractivity contribution in [3.63, 3.8) is 0 Å². The van der Waals surface area contributed by atoms with Crippen molar-refractivity contribution in [3.05, 3.63) is 78.5 Å². The number of morpholine rings is 1. The van der Waals surface area contributed by atoms with Crippen LogP contribution in [-0.4, -0.2) is 66.3 Å². The number of hydrogen-bond donors (Lipinski definition) is 2. The van der Waals surface area contributed by atoms with Gasteiger partial charge in [0.1, 0.15) is 18.2 Å². The fraction of sp³-hybridized carbons (Fsp3) is 0.286. The van der Waals surface area contributed by atoms with E-state index < -0.39 is 18.6 Å². The van der Waals surface area contributed by atoms with Crippen molar-refractivity contribution in [3.8, 4) is 11.4 Å². The largest absolute Gasteiger partial charge is 0.492 e. The number of rotatable bonds is 8. The van der Waals surface area contributed by atoms with Crippen molar-refractivity contribution < 1.29 is 27.4 Å². The lowest BCUT2D eigenvalue weighted by molar-refractivity contribution is -0.127. The van der Waals surface area contributed by atoms with Crippen LogP contribution in [0.1, 0.15) is 5.69 Å². The highest BCUT2D eigenvalue weighted by atomic mass is 19.4. The second-order valence-electron chi connectivity index (χ2n) is 9.10. The van der Waals surface area contributed by atoms with E-state index in [0.717, 1.165) is 43.6 Å². The number of anilines is 2. The summed E-state index contributed by atoms with van der Waals surface area (Å²) in [6.07, 6.45) is -5.64. The molecule has 2 N–H and O–H groups in total. The maximum Gasteiger partial charge on any atom is 0.394 e. The number of ether oxygens (including phenoxy) is 2. The minimum Gasteiger partial charge on any atom is -0.492 e. The molecule has 0 radical (unpaired) electrons. The van der Waals surface area contributed by atoms with Crippen LogP contribution in [0.4, 0.5) is 29.5 Å². The van der Waals surface area contributed by atoms with E-state index >= 15 is 0 Å². The van der Waals surface area contributed by atoms with Crippen molar-refractivity contribution in [2.45, 2.75) is 12.6 Å². The third-order valence-corrected chi connectivity index (χ3v) is 6.28. The van der Waals surface area contributed by atoms with Crippen LogP contribution in [0.15, 0.2) is 72.8 Å². The summed E-state index contributed by atoms with van der Waals surface area (Å²) < 4.78 is 51.8. The maximum atomic E-state index is 13.0. The smallest absolute Gasteiger partial charge is 0.394 e. The fourth-order valence-electron chi connectivity index (χ4n) is 4.46. The van der Waals surface area contributed by atoms with Crippen molar-refractivity contribution in [1.82, 2.24) is 14.7 Å². The number of alkyl halides is 3. The van der Waals surface area contributed by atoms with Gasteiger partial charge < -0.3 is 14.8 Å². The van der Waals surface area contributed by atoms with Gasteiger partial charge >= 0.3 is 12.2 Å². The number of fused-ring (bicyclic) bond motifs is 1. The lowest BCUT2D eigenvalue weighted by atomic mass is 10.1. The first-order valence-electron chi connectivity index (χ1n) is 12.6. The molecule has 2 heterocycles. The summed E-state index contributed by atoms with van der Waals surface area (Å²) in [6, 6.07) is 20.3. The molecule has 0 atom stereocenters. The standard InChI is InChI=1S/C28H28F3N5O3/c29-28(30,31)19-20-18-26(36(34-20)21-6-2-1-3-7-21)33-27(37)32-24-10-11-25(23-9-5-4-8-22(23)24)39-17-14-35-12-15-38-16-13-35/h1-11,18H,12-17,19H2,(H2,32,33,37). The molecule has 2 amide bonds. The lowest BCUT2D eigenvalue weighted by Crippen LogP contribution is -2.38. The Morgan fingerprint density at radius 2 is 1.67 bits per heavy atom. The minimum absolute atomic E-state index is 0.116. The van der Waals surface area contributed by atoms with Gasteiger partial charge in [-0.05, 0) is 24.3 Å². The van der Waals surface area contributed by atoms with E-state index in [2.05, 4.69) is 20.6 Å². The number of carbonyl (C=O) groups is 1. The predicted octanol–water partition coefficient (Wildman–Crippen LogP) is 5.49. The van der Waals surface area contributed by atoms with E-state index in [0.29, 0.717) is 23.7 Å². The van der Waals surface area contributed by atoms with Gasteiger partial charge in [-0.1, -0.05) is 42.5 Å². The van der Waals surface area contributed by atoms with Crippen LogP contribution in [0, 0.1) is 0 Å². The van der Waals surface area contributed by atoms with E-state index in [4.69, 9.17) is 9.47 Å². The van der Waals surface area contributed by atoms with E-state index in [1.165, 1.54) is 10.7 Å². The normalized spacial score (nSPS) is 14.3. The summed E-state index contributed by atoms with van der Waals surface area (Å²) in [5, 5.41) is 11.1. The maximum absolute atomic E-state index is 13.0. The minimum atomic E-state index is -4.43.